The van der Waals surface area contributed by atoms with E-state index in [0.717, 1.165) is 5.56 Å². The first-order chi connectivity index (χ1) is 11.6. The van der Waals surface area contributed by atoms with E-state index >= 15 is 0 Å². The molecule has 2 aromatic rings. The third-order valence-electron chi connectivity index (χ3n) is 3.37. The molecule has 1 heterocycles. The van der Waals surface area contributed by atoms with Gasteiger partial charge < -0.3 is 14.5 Å². The maximum Gasteiger partial charge on any atom is 0.305 e. The molecule has 0 saturated carbocycles. The molecular weight excluding hydrogens is 332 g/mol. The molecule has 24 heavy (non-hydrogen) atoms. The van der Waals surface area contributed by atoms with E-state index in [4.69, 9.17) is 16.0 Å². The Kier molecular flexibility index (Phi) is 6.81. The minimum absolute atomic E-state index is 0.114. The quantitative estimate of drug-likeness (QED) is 0.584. The highest BCUT2D eigenvalue weighted by Crippen LogP contribution is 2.28. The highest BCUT2D eigenvalue weighted by Gasteiger charge is 2.11. The van der Waals surface area contributed by atoms with Crippen molar-refractivity contribution >= 4 is 23.5 Å². The zero-order valence-corrected chi connectivity index (χ0v) is 14.1. The largest absolute Gasteiger partial charge is 0.469 e. The van der Waals surface area contributed by atoms with Gasteiger partial charge in [0.05, 0.1) is 18.3 Å². The van der Waals surface area contributed by atoms with E-state index in [0.29, 0.717) is 36.1 Å². The highest BCUT2D eigenvalue weighted by molar-refractivity contribution is 6.33. The van der Waals surface area contributed by atoms with Gasteiger partial charge in [-0.1, -0.05) is 23.7 Å². The molecule has 0 bridgehead atoms. The monoisotopic (exact) mass is 350 g/mol. The number of ether oxygens (including phenoxy) is 1. The molecule has 6 nitrogen and oxygen atoms in total. The average Bonchev–Trinajstić information content (AvgIpc) is 3.05. The molecule has 2 rings (SSSR count). The van der Waals surface area contributed by atoms with Crippen LogP contribution < -0.4 is 5.32 Å². The van der Waals surface area contributed by atoms with Gasteiger partial charge in [-0.05, 0) is 18.6 Å². The summed E-state index contributed by atoms with van der Waals surface area (Å²) in [4.78, 5) is 26.9. The number of aryl methyl sites for hydroxylation is 1. The van der Waals surface area contributed by atoms with Crippen LogP contribution in [0.25, 0.3) is 11.3 Å². The van der Waals surface area contributed by atoms with Crippen LogP contribution in [0.2, 0.25) is 5.02 Å². The number of nitrogens with zero attached hydrogens (tertiary/aromatic N) is 1. The summed E-state index contributed by atoms with van der Waals surface area (Å²) in [5.74, 6) is 0.664. The number of methoxy groups -OCH3 is 1. The number of nitrogens with one attached hydrogen (secondary N) is 1. The van der Waals surface area contributed by atoms with Gasteiger partial charge >= 0.3 is 5.97 Å². The number of amides is 1. The Hall–Kier alpha value is -2.34. The van der Waals surface area contributed by atoms with Crippen molar-refractivity contribution in [3.63, 3.8) is 0 Å². The smallest absolute Gasteiger partial charge is 0.305 e. The fourth-order valence-electron chi connectivity index (χ4n) is 2.08. The van der Waals surface area contributed by atoms with Gasteiger partial charge in [0.25, 0.3) is 0 Å². The second-order valence-electron chi connectivity index (χ2n) is 5.13. The van der Waals surface area contributed by atoms with Crippen LogP contribution in [0.15, 0.2) is 34.9 Å². The minimum Gasteiger partial charge on any atom is -0.469 e. The summed E-state index contributed by atoms with van der Waals surface area (Å²) in [6, 6.07) is 7.33. The number of benzene rings is 1. The molecule has 1 amide bonds. The molecular formula is C17H19ClN2O4. The molecule has 0 aliphatic heterocycles. The van der Waals surface area contributed by atoms with Gasteiger partial charge in [-0.15, -0.1) is 0 Å². The van der Waals surface area contributed by atoms with Gasteiger partial charge in [0, 0.05) is 31.4 Å². The van der Waals surface area contributed by atoms with E-state index in [9.17, 15) is 9.59 Å². The average molecular weight is 351 g/mol. The number of esters is 1. The summed E-state index contributed by atoms with van der Waals surface area (Å²) in [5, 5.41) is 3.33. The number of carbonyl (C=O) groups excluding carboxylic acids is 2. The van der Waals surface area contributed by atoms with Crippen molar-refractivity contribution in [2.24, 2.45) is 0 Å². The molecule has 0 spiro atoms. The molecule has 1 aromatic heterocycles. The molecule has 0 atom stereocenters. The summed E-state index contributed by atoms with van der Waals surface area (Å²) < 4.78 is 10.2. The van der Waals surface area contributed by atoms with E-state index in [-0.39, 0.29) is 24.7 Å². The van der Waals surface area contributed by atoms with Gasteiger partial charge in [0.15, 0.2) is 11.7 Å². The zero-order valence-electron chi connectivity index (χ0n) is 13.4. The Labute approximate surface area is 145 Å². The SMILES string of the molecule is COC(=O)CCCNC(=O)CCc1ncc(-c2ccccc2Cl)o1. The predicted octanol–water partition coefficient (Wildman–Crippen LogP) is 3.00. The van der Waals surface area contributed by atoms with Crippen LogP contribution in [0.4, 0.5) is 0 Å². The normalized spacial score (nSPS) is 10.4. The lowest BCUT2D eigenvalue weighted by molar-refractivity contribution is -0.140. The van der Waals surface area contributed by atoms with Crippen LogP contribution in [0.3, 0.4) is 0 Å². The lowest BCUT2D eigenvalue weighted by Gasteiger charge is -2.03. The Balaban J connectivity index is 1.76. The summed E-state index contributed by atoms with van der Waals surface area (Å²) in [5.41, 5.74) is 0.769. The highest BCUT2D eigenvalue weighted by atomic mass is 35.5. The van der Waals surface area contributed by atoms with Crippen molar-refractivity contribution < 1.29 is 18.7 Å². The fraction of sp³-hybridized carbons (Fsp3) is 0.353. The van der Waals surface area contributed by atoms with Crippen molar-refractivity contribution in [2.75, 3.05) is 13.7 Å². The first kappa shape index (κ1) is 18.0. The summed E-state index contributed by atoms with van der Waals surface area (Å²) in [6.45, 7) is 0.435. The van der Waals surface area contributed by atoms with Crippen molar-refractivity contribution in [3.05, 3.63) is 41.4 Å². The molecule has 1 N–H and O–H groups in total. The van der Waals surface area contributed by atoms with E-state index in [1.54, 1.807) is 12.3 Å². The number of oxazole rings is 1. The third-order valence-corrected chi connectivity index (χ3v) is 3.70. The summed E-state index contributed by atoms with van der Waals surface area (Å²) in [7, 11) is 1.34. The van der Waals surface area contributed by atoms with Gasteiger partial charge in [-0.2, -0.15) is 0 Å². The Morgan fingerprint density at radius 3 is 2.83 bits per heavy atom. The lowest BCUT2D eigenvalue weighted by Crippen LogP contribution is -2.25. The zero-order chi connectivity index (χ0) is 17.4. The maximum atomic E-state index is 11.7. The molecule has 1 aromatic carbocycles. The minimum atomic E-state index is -0.281. The number of aromatic nitrogens is 1. The number of hydrogen-bond donors (Lipinski definition) is 1. The van der Waals surface area contributed by atoms with Gasteiger partial charge in [0.2, 0.25) is 5.91 Å². The number of halogens is 1. The molecule has 0 saturated heterocycles. The fourth-order valence-corrected chi connectivity index (χ4v) is 2.31. The number of rotatable bonds is 8. The molecule has 7 heteroatoms. The van der Waals surface area contributed by atoms with E-state index in [2.05, 4.69) is 15.0 Å². The molecule has 0 unspecified atom stereocenters. The summed E-state index contributed by atoms with van der Waals surface area (Å²) >= 11 is 6.11. The molecule has 0 aliphatic carbocycles. The van der Waals surface area contributed by atoms with Crippen molar-refractivity contribution in [2.45, 2.75) is 25.7 Å². The second kappa shape index (κ2) is 9.08. The molecule has 128 valence electrons. The second-order valence-corrected chi connectivity index (χ2v) is 5.53. The number of hydrogen-bond acceptors (Lipinski definition) is 5. The van der Waals surface area contributed by atoms with Gasteiger partial charge in [-0.3, -0.25) is 9.59 Å². The standard InChI is InChI=1S/C17H19ClN2O4/c1-23-17(22)7-4-10-19-15(21)8-9-16-20-11-14(24-16)12-5-2-3-6-13(12)18/h2-3,5-6,11H,4,7-10H2,1H3,(H,19,21). The molecule has 0 radical (unpaired) electrons. The third kappa shape index (κ3) is 5.38. The molecule has 0 fully saturated rings. The van der Waals surface area contributed by atoms with Crippen molar-refractivity contribution in [3.8, 4) is 11.3 Å². The van der Waals surface area contributed by atoms with Crippen molar-refractivity contribution in [1.29, 1.82) is 0 Å². The van der Waals surface area contributed by atoms with Gasteiger partial charge in [0.1, 0.15) is 0 Å². The van der Waals surface area contributed by atoms with Crippen LogP contribution in [0, 0.1) is 0 Å². The first-order valence-corrected chi connectivity index (χ1v) is 8.01. The van der Waals surface area contributed by atoms with Crippen molar-refractivity contribution in [1.82, 2.24) is 10.3 Å². The van der Waals surface area contributed by atoms with Gasteiger partial charge in [-0.25, -0.2) is 4.98 Å². The Bertz CT molecular complexity index is 699. The number of carbonyl (C=O) groups is 2. The lowest BCUT2D eigenvalue weighted by atomic mass is 10.2. The van der Waals surface area contributed by atoms with Crippen LogP contribution in [-0.4, -0.2) is 30.5 Å². The van der Waals surface area contributed by atoms with E-state index in [1.807, 2.05) is 18.2 Å². The first-order valence-electron chi connectivity index (χ1n) is 7.63. The van der Waals surface area contributed by atoms with Crippen LogP contribution in [-0.2, 0) is 20.7 Å². The van der Waals surface area contributed by atoms with E-state index < -0.39 is 0 Å². The van der Waals surface area contributed by atoms with Crippen LogP contribution >= 0.6 is 11.6 Å². The van der Waals surface area contributed by atoms with Crippen LogP contribution in [0.1, 0.15) is 25.2 Å². The van der Waals surface area contributed by atoms with E-state index in [1.165, 1.54) is 7.11 Å². The molecule has 0 aliphatic rings. The predicted molar refractivity (Wildman–Crippen MR) is 89.5 cm³/mol. The van der Waals surface area contributed by atoms with Crippen LogP contribution in [0.5, 0.6) is 0 Å². The topological polar surface area (TPSA) is 81.4 Å². The summed E-state index contributed by atoms with van der Waals surface area (Å²) in [6.07, 6.45) is 3.10. The Morgan fingerprint density at radius 1 is 1.29 bits per heavy atom. The Morgan fingerprint density at radius 2 is 2.08 bits per heavy atom. The maximum absolute atomic E-state index is 11.7.